The predicted molar refractivity (Wildman–Crippen MR) is 618 cm³/mol. The van der Waals surface area contributed by atoms with Crippen molar-refractivity contribution in [2.45, 2.75) is 541 Å². The number of methoxy groups -OCH3 is 2. The van der Waals surface area contributed by atoms with Crippen LogP contribution >= 0.6 is 0 Å². The van der Waals surface area contributed by atoms with Gasteiger partial charge in [0.25, 0.3) is 0 Å². The SMILES string of the molecule is C.C.C.C.C.C.CC=C1CC[C@H]2[C@@H]3CC[C@@H]4C[C@@](O)(CC)CC[C@@H]4[C@H]3CC[C@]12C.CC=C1CC[C@H]2[C@@H]3CC[C@@H]4C[C@@]5(CC[C@@H]4[C@H]3CC[C@]12C)CO5.CC=C1CC[C@H]2[C@@H]3CC[C@@H]4C[C@](O)(CC)CC[C@@H]4[C@H]3CC[C@]12C.CC=C1CC[C@H]2[C@@H]3CC[C@@H]4C[C@]5(CC[C@@H]4[C@H]3CC[C@]12C)CO5.CO.COC[C@@]1(O)CC[C@H]2[C@H](CC[C@@H]3[C@@H]2CC[C@]2(C)[C@@H](C(C)=O)CC[C@@H]32)C1.COC[C@@]1(O)CC[C@H]2[C@H](CC[C@@H]3[C@@H]2CC[C@]2(C)[C@@H](C(C)O)CC[C@@H]32)C1.[H-].[Na+]. The van der Waals surface area contributed by atoms with Crippen LogP contribution in [-0.4, -0.2) is 124 Å². The summed E-state index contributed by atoms with van der Waals surface area (Å²) in [5, 5.41) is 60.5. The molecule has 0 amide bonds. The Hall–Kier alpha value is -0.770. The molecule has 24 aliphatic carbocycles. The second kappa shape index (κ2) is 49.1. The van der Waals surface area contributed by atoms with Gasteiger partial charge in [-0.15, -0.1) is 0 Å². The van der Waals surface area contributed by atoms with Crippen molar-refractivity contribution in [3.8, 4) is 0 Å². The van der Waals surface area contributed by atoms with Crippen molar-refractivity contribution in [2.75, 3.05) is 47.8 Å². The molecule has 26 fully saturated rings. The monoisotopic (exact) mass is 2080 g/mol. The van der Waals surface area contributed by atoms with Crippen LogP contribution in [0.2, 0.25) is 0 Å². The fourth-order valence-electron chi connectivity index (χ4n) is 46.7. The summed E-state index contributed by atoms with van der Waals surface area (Å²) in [6.07, 6.45) is 83.4. The van der Waals surface area contributed by atoms with E-state index in [-0.39, 0.29) is 98.3 Å². The molecule has 0 aromatic carbocycles. The number of aliphatic hydroxyl groups excluding tert-OH is 2. The summed E-state index contributed by atoms with van der Waals surface area (Å²) in [6, 6.07) is 0. The van der Waals surface area contributed by atoms with Gasteiger partial charge < -0.3 is 51.0 Å². The third-order valence-corrected chi connectivity index (χ3v) is 53.8. The minimum atomic E-state index is -0.584. The van der Waals surface area contributed by atoms with Crippen molar-refractivity contribution >= 4 is 5.78 Å². The standard InChI is InChI=1S/C22H38O3.C22H36O3.2C22H36O.2C21H32O.CH4O.6CH4.Na.H/c2*1-14(23)19-6-7-20-18-5-4-15-12-22(24,13-25-3)11-9-16(15)17(18)8-10-21(19,20)2;2*1-4-16-7-9-20-19-8-6-15-14-22(23,5-2)13-11-17(15)18(19)10-12-21(16,20)3;2*1-3-15-5-7-19-18-6-4-14-12-21(13-22-21)11-9-16(14)17(18)8-10-20(15,19)2;1-2;;;;;;;;/h14-20,23-24H,4-13H2,1-3H3;15-20,24H,4-13H2,1-3H3;2*4,15,17-20,23H,5-14H2,1-3H3;2*3,14,16-19H,4-13H2,1-2H3;2H,1H3;6*1H4;;/q;;;;;;;;;;;;;+1;-1/t14?,15-,16+,17-,18-,19-,20+,21-,22-;15-,16+,17-,18-,19-,20+,21-,22-;15-,17+,18-,19-,20+,21-,22+;15-,17+,18-,19-,20+,21-,22-;14-,16+,17-,18-,19+,20-,21+;14-,16+,17-,18-,19+,20-,21-;;;;;;;;;/m111111........./s1. The molecule has 2 spiro atoms. The molecule has 26 aliphatic rings. The van der Waals surface area contributed by atoms with E-state index in [4.69, 9.17) is 24.1 Å². The van der Waals surface area contributed by atoms with Gasteiger partial charge in [0.2, 0.25) is 0 Å². The number of hydrogen-bond acceptors (Lipinski definition) is 11. The topological polar surface area (TPSA) is 182 Å². The van der Waals surface area contributed by atoms with E-state index in [0.717, 1.165) is 257 Å². The minimum absolute atomic E-state index is 0. The molecule has 0 aromatic heterocycles. The molecule has 12 heteroatoms. The van der Waals surface area contributed by atoms with Gasteiger partial charge in [-0.05, 0) is 617 Å². The normalized spacial score (nSPS) is 51.8. The zero-order chi connectivity index (χ0) is 100. The Morgan fingerprint density at radius 1 is 0.322 bits per heavy atom. The fourth-order valence-corrected chi connectivity index (χ4v) is 46.7. The zero-order valence-electron chi connectivity index (χ0n) is 96.0. The molecule has 0 aromatic rings. The van der Waals surface area contributed by atoms with Gasteiger partial charge in [-0.2, -0.15) is 0 Å². The van der Waals surface area contributed by atoms with Crippen molar-refractivity contribution in [1.29, 1.82) is 0 Å². The molecular formula is C137H239NaO11. The Labute approximate surface area is 941 Å². The maximum Gasteiger partial charge on any atom is 1.00 e. The Morgan fingerprint density at radius 3 is 0.832 bits per heavy atom. The number of epoxide rings is 2. The smallest absolute Gasteiger partial charge is 1.00 e. The van der Waals surface area contributed by atoms with Crippen LogP contribution in [0.15, 0.2) is 46.6 Å². The molecule has 11 nitrogen and oxygen atoms in total. The summed E-state index contributed by atoms with van der Waals surface area (Å²) in [7, 11) is 4.41. The molecule has 2 saturated heterocycles. The Balaban J connectivity index is 0.000000157. The van der Waals surface area contributed by atoms with Crippen molar-refractivity contribution < 1.29 is 85.4 Å². The van der Waals surface area contributed by atoms with Gasteiger partial charge >= 0.3 is 29.6 Å². The second-order valence-electron chi connectivity index (χ2n) is 58.5. The number of ketones is 1. The number of ether oxygens (including phenoxy) is 4. The van der Waals surface area contributed by atoms with Crippen LogP contribution in [0, 0.1) is 222 Å². The van der Waals surface area contributed by atoms with E-state index in [9.17, 15) is 30.3 Å². The first kappa shape index (κ1) is 125. The van der Waals surface area contributed by atoms with E-state index in [2.05, 4.69) is 107 Å². The Kier molecular flexibility index (Phi) is 41.2. The molecule has 45 atom stereocenters. The Morgan fingerprint density at radius 2 is 0.564 bits per heavy atom. The molecule has 1 unspecified atom stereocenters. The summed E-state index contributed by atoms with van der Waals surface area (Å²) in [5.74, 6) is 29.0. The van der Waals surface area contributed by atoms with Crippen LogP contribution in [0.5, 0.6) is 0 Å². The molecular weight excluding hydrogens is 1840 g/mol. The second-order valence-corrected chi connectivity index (χ2v) is 58.5. The van der Waals surface area contributed by atoms with Gasteiger partial charge in [-0.1, -0.05) is 147 Å². The van der Waals surface area contributed by atoms with Crippen LogP contribution in [0.1, 0.15) is 502 Å². The number of carbonyl (C=O) groups excluding carboxylic acids is 1. The van der Waals surface area contributed by atoms with Gasteiger partial charge in [0.15, 0.2) is 0 Å². The average Bonchev–Trinajstić information content (AvgIpc) is 1.56. The summed E-state index contributed by atoms with van der Waals surface area (Å²) < 4.78 is 22.3. The van der Waals surface area contributed by atoms with Gasteiger partial charge in [0, 0.05) is 27.2 Å². The summed E-state index contributed by atoms with van der Waals surface area (Å²) in [5.41, 5.74) is 8.91. The van der Waals surface area contributed by atoms with Gasteiger partial charge in [0.1, 0.15) is 5.78 Å². The molecule has 2 aliphatic heterocycles. The molecule has 0 radical (unpaired) electrons. The van der Waals surface area contributed by atoms with Crippen molar-refractivity contribution in [2.24, 2.45) is 222 Å². The van der Waals surface area contributed by atoms with Gasteiger partial charge in [-0.3, -0.25) is 4.79 Å². The quantitative estimate of drug-likeness (QED) is 0.0773. The van der Waals surface area contributed by atoms with Crippen LogP contribution in [-0.2, 0) is 23.7 Å². The van der Waals surface area contributed by atoms with Crippen LogP contribution < -0.4 is 29.6 Å². The van der Waals surface area contributed by atoms with E-state index >= 15 is 0 Å². The van der Waals surface area contributed by atoms with E-state index in [1.165, 1.54) is 289 Å². The molecule has 6 N–H and O–H groups in total. The van der Waals surface area contributed by atoms with Crippen LogP contribution in [0.3, 0.4) is 0 Å². The van der Waals surface area contributed by atoms with Crippen molar-refractivity contribution in [3.05, 3.63) is 46.6 Å². The molecule has 854 valence electrons. The first-order valence-electron chi connectivity index (χ1n) is 62.5. The van der Waals surface area contributed by atoms with E-state index in [0.29, 0.717) is 80.9 Å². The number of hydrogen-bond donors (Lipinski definition) is 6. The number of aliphatic hydroxyl groups is 6. The number of allylic oxidation sites excluding steroid dienone is 8. The minimum Gasteiger partial charge on any atom is -1.00 e. The van der Waals surface area contributed by atoms with Crippen molar-refractivity contribution in [3.63, 3.8) is 0 Å². The number of Topliss-reactive ketones (excluding diaryl/α,β-unsaturated/α-hetero) is 1. The van der Waals surface area contributed by atoms with Gasteiger partial charge in [0.05, 0.1) is 66.1 Å². The Bertz CT molecular complexity index is 4270. The van der Waals surface area contributed by atoms with E-state index in [1.54, 1.807) is 36.5 Å². The fraction of sp³-hybridized carbons (Fsp3) is 0.934. The van der Waals surface area contributed by atoms with Gasteiger partial charge in [-0.25, -0.2) is 0 Å². The first-order valence-corrected chi connectivity index (χ1v) is 62.5. The average molecular weight is 2090 g/mol. The van der Waals surface area contributed by atoms with Crippen molar-refractivity contribution in [1.82, 2.24) is 0 Å². The summed E-state index contributed by atoms with van der Waals surface area (Å²) in [4.78, 5) is 12.2. The molecule has 2 heterocycles. The summed E-state index contributed by atoms with van der Waals surface area (Å²) >= 11 is 0. The number of carbonyl (C=O) groups is 1. The first-order chi connectivity index (χ1) is 68.1. The van der Waals surface area contributed by atoms with E-state index < -0.39 is 11.2 Å². The molecule has 149 heavy (non-hydrogen) atoms. The molecule has 24 saturated carbocycles. The van der Waals surface area contributed by atoms with E-state index in [1.807, 2.05) is 13.8 Å². The summed E-state index contributed by atoms with van der Waals surface area (Å²) in [6.45, 7) is 35.7. The van der Waals surface area contributed by atoms with Crippen LogP contribution in [0.25, 0.3) is 0 Å². The zero-order valence-corrected chi connectivity index (χ0v) is 97.0. The molecule has 0 bridgehead atoms. The molecule has 26 rings (SSSR count). The van der Waals surface area contributed by atoms with Crippen LogP contribution in [0.4, 0.5) is 0 Å². The third-order valence-electron chi connectivity index (χ3n) is 53.8. The maximum atomic E-state index is 12.2. The third kappa shape index (κ3) is 22.8. The predicted octanol–water partition coefficient (Wildman–Crippen LogP) is 30.9. The largest absolute Gasteiger partial charge is 1.00 e. The maximum absolute atomic E-state index is 12.2. The number of rotatable bonds is 8. The number of fused-ring (bicyclic) bond motifs is 30.